The van der Waals surface area contributed by atoms with E-state index in [0.717, 1.165) is 12.1 Å². The molecule has 2 N–H and O–H groups in total. The van der Waals surface area contributed by atoms with Crippen molar-refractivity contribution in [2.45, 2.75) is 12.3 Å². The van der Waals surface area contributed by atoms with Crippen molar-refractivity contribution in [3.8, 4) is 11.3 Å². The summed E-state index contributed by atoms with van der Waals surface area (Å²) in [5.41, 5.74) is 5.76. The van der Waals surface area contributed by atoms with Crippen LogP contribution in [0.3, 0.4) is 0 Å². The maximum atomic E-state index is 13.8. The summed E-state index contributed by atoms with van der Waals surface area (Å²) < 4.78 is 42.6. The molecule has 0 atom stereocenters. The van der Waals surface area contributed by atoms with Crippen LogP contribution in [0.2, 0.25) is 0 Å². The topological polar surface area (TPSA) is 43.8 Å². The fraction of sp³-hybridized carbons (Fsp3) is 0.214. The number of anilines is 1. The quantitative estimate of drug-likeness (QED) is 0.688. The van der Waals surface area contributed by atoms with Crippen molar-refractivity contribution in [3.63, 3.8) is 0 Å². The minimum Gasteiger partial charge on any atom is -0.399 e. The van der Waals surface area contributed by atoms with Gasteiger partial charge in [-0.1, -0.05) is 6.08 Å². The molecule has 0 saturated heterocycles. The van der Waals surface area contributed by atoms with E-state index in [1.807, 2.05) is 0 Å². The molecule has 0 aliphatic rings. The third kappa shape index (κ3) is 2.54. The van der Waals surface area contributed by atoms with Crippen molar-refractivity contribution in [2.24, 2.45) is 7.05 Å². The van der Waals surface area contributed by atoms with Crippen LogP contribution >= 0.6 is 0 Å². The summed E-state index contributed by atoms with van der Waals surface area (Å²) in [6, 6.07) is 5.27. The van der Waals surface area contributed by atoms with Gasteiger partial charge < -0.3 is 5.73 Å². The lowest BCUT2D eigenvalue weighted by atomic mass is 10.1. The van der Waals surface area contributed by atoms with E-state index in [9.17, 15) is 13.2 Å². The molecular weight excluding hydrogens is 267 g/mol. The molecule has 0 saturated carbocycles. The van der Waals surface area contributed by atoms with Gasteiger partial charge in [-0.3, -0.25) is 4.68 Å². The van der Waals surface area contributed by atoms with Crippen LogP contribution in [0.4, 0.5) is 18.9 Å². The normalized spacial score (nSPS) is 11.6. The van der Waals surface area contributed by atoms with E-state index < -0.39 is 23.9 Å². The molecule has 6 heteroatoms. The number of halogens is 3. The number of nitrogens with zero attached hydrogens (tertiary/aromatic N) is 2. The Morgan fingerprint density at radius 1 is 1.40 bits per heavy atom. The average Bonchev–Trinajstić information content (AvgIpc) is 2.72. The molecule has 3 nitrogen and oxygen atoms in total. The number of hydrogen-bond acceptors (Lipinski definition) is 2. The van der Waals surface area contributed by atoms with Crippen molar-refractivity contribution >= 4 is 5.69 Å². The first-order valence-electron chi connectivity index (χ1n) is 5.94. The number of alkyl halides is 2. The lowest BCUT2D eigenvalue weighted by Crippen LogP contribution is -2.13. The number of aromatic nitrogens is 2. The lowest BCUT2D eigenvalue weighted by molar-refractivity contribution is -0.00591. The molecule has 0 fully saturated rings. The number of allylic oxidation sites excluding steroid dienone is 1. The van der Waals surface area contributed by atoms with Gasteiger partial charge >= 0.3 is 0 Å². The van der Waals surface area contributed by atoms with E-state index in [4.69, 9.17) is 5.73 Å². The Labute approximate surface area is 114 Å². The molecule has 2 rings (SSSR count). The number of aryl methyl sites for hydroxylation is 1. The first-order chi connectivity index (χ1) is 9.35. The van der Waals surface area contributed by atoms with Gasteiger partial charge in [0.2, 0.25) is 0 Å². The molecule has 20 heavy (non-hydrogen) atoms. The van der Waals surface area contributed by atoms with Crippen LogP contribution in [0, 0.1) is 5.82 Å². The van der Waals surface area contributed by atoms with Gasteiger partial charge in [0.25, 0.3) is 5.92 Å². The zero-order valence-electron chi connectivity index (χ0n) is 10.9. The second kappa shape index (κ2) is 5.03. The maximum Gasteiger partial charge on any atom is 0.294 e. The third-order valence-corrected chi connectivity index (χ3v) is 2.92. The van der Waals surface area contributed by atoms with E-state index in [1.165, 1.54) is 29.9 Å². The van der Waals surface area contributed by atoms with E-state index in [-0.39, 0.29) is 16.9 Å². The summed E-state index contributed by atoms with van der Waals surface area (Å²) in [6.07, 6.45) is 0.603. The van der Waals surface area contributed by atoms with Crippen LogP contribution in [0.25, 0.3) is 11.3 Å². The second-order valence-electron chi connectivity index (χ2n) is 4.47. The molecule has 0 radical (unpaired) electrons. The first-order valence-corrected chi connectivity index (χ1v) is 5.94. The van der Waals surface area contributed by atoms with Crippen molar-refractivity contribution in [2.75, 3.05) is 5.73 Å². The van der Waals surface area contributed by atoms with Gasteiger partial charge in [0.15, 0.2) is 0 Å². The molecule has 0 bridgehead atoms. The number of nitrogen functional groups attached to an aromatic ring is 1. The fourth-order valence-electron chi connectivity index (χ4n) is 1.92. The van der Waals surface area contributed by atoms with Crippen LogP contribution < -0.4 is 5.73 Å². The van der Waals surface area contributed by atoms with Crippen LogP contribution in [0.1, 0.15) is 12.1 Å². The molecule has 0 unspecified atom stereocenters. The summed E-state index contributed by atoms with van der Waals surface area (Å²) in [4.78, 5) is 0. The number of hydrogen-bond donors (Lipinski definition) is 1. The maximum absolute atomic E-state index is 13.8. The molecule has 1 heterocycles. The monoisotopic (exact) mass is 281 g/mol. The molecule has 0 aliphatic heterocycles. The van der Waals surface area contributed by atoms with Gasteiger partial charge in [-0.2, -0.15) is 13.9 Å². The summed E-state index contributed by atoms with van der Waals surface area (Å²) in [5.74, 6) is -3.70. The van der Waals surface area contributed by atoms with Gasteiger partial charge in [0.05, 0.1) is 5.69 Å². The van der Waals surface area contributed by atoms with Gasteiger partial charge in [0.1, 0.15) is 11.5 Å². The molecule has 2 aromatic rings. The Hall–Kier alpha value is -2.24. The highest BCUT2D eigenvalue weighted by Gasteiger charge is 2.33. The number of nitrogens with two attached hydrogens (primary N) is 1. The summed E-state index contributed by atoms with van der Waals surface area (Å²) >= 11 is 0. The molecule has 0 spiro atoms. The smallest absolute Gasteiger partial charge is 0.294 e. The number of rotatable bonds is 4. The van der Waals surface area contributed by atoms with E-state index in [0.29, 0.717) is 0 Å². The number of benzene rings is 1. The zero-order valence-corrected chi connectivity index (χ0v) is 10.9. The minimum atomic E-state index is -3.12. The van der Waals surface area contributed by atoms with Gasteiger partial charge in [-0.25, -0.2) is 4.39 Å². The highest BCUT2D eigenvalue weighted by atomic mass is 19.3. The van der Waals surface area contributed by atoms with Crippen molar-refractivity contribution < 1.29 is 13.2 Å². The Bertz CT molecular complexity index is 647. The first kappa shape index (κ1) is 14.2. The highest BCUT2D eigenvalue weighted by molar-refractivity contribution is 5.63. The van der Waals surface area contributed by atoms with E-state index in [2.05, 4.69) is 11.7 Å². The van der Waals surface area contributed by atoms with Gasteiger partial charge in [-0.15, -0.1) is 6.58 Å². The van der Waals surface area contributed by atoms with Gasteiger partial charge in [-0.05, 0) is 24.3 Å². The van der Waals surface area contributed by atoms with Crippen molar-refractivity contribution in [1.29, 1.82) is 0 Å². The molecule has 0 aliphatic carbocycles. The molecule has 1 aromatic carbocycles. The molecular formula is C14H14F3N3. The molecule has 0 amide bonds. The van der Waals surface area contributed by atoms with Gasteiger partial charge in [0, 0.05) is 24.7 Å². The van der Waals surface area contributed by atoms with Crippen LogP contribution in [0.15, 0.2) is 36.9 Å². The lowest BCUT2D eigenvalue weighted by Gasteiger charge is -2.09. The predicted octanol–water partition coefficient (Wildman–Crippen LogP) is 3.48. The van der Waals surface area contributed by atoms with Crippen molar-refractivity contribution in [1.82, 2.24) is 9.78 Å². The summed E-state index contributed by atoms with van der Waals surface area (Å²) in [7, 11) is 1.48. The predicted molar refractivity (Wildman–Crippen MR) is 71.7 cm³/mol. The Morgan fingerprint density at radius 3 is 2.70 bits per heavy atom. The fourth-order valence-corrected chi connectivity index (χ4v) is 1.92. The average molecular weight is 281 g/mol. The van der Waals surface area contributed by atoms with E-state index in [1.54, 1.807) is 0 Å². The highest BCUT2D eigenvalue weighted by Crippen LogP contribution is 2.34. The van der Waals surface area contributed by atoms with Crippen LogP contribution in [-0.4, -0.2) is 9.78 Å². The van der Waals surface area contributed by atoms with Crippen molar-refractivity contribution in [3.05, 3.63) is 48.4 Å². The Morgan fingerprint density at radius 2 is 2.10 bits per heavy atom. The molecule has 1 aromatic heterocycles. The third-order valence-electron chi connectivity index (χ3n) is 2.92. The molecule has 106 valence electrons. The Kier molecular flexibility index (Phi) is 3.57. The largest absolute Gasteiger partial charge is 0.399 e. The van der Waals surface area contributed by atoms with Crippen LogP contribution in [-0.2, 0) is 13.0 Å². The Balaban J connectivity index is 2.49. The van der Waals surface area contributed by atoms with Crippen LogP contribution in [0.5, 0.6) is 0 Å². The summed E-state index contributed by atoms with van der Waals surface area (Å²) in [5, 5.41) is 3.76. The standard InChI is InChI=1S/C14H14F3N3/c1-3-6-14(16,17)13-8-12(20(2)19-13)10-5-4-9(18)7-11(10)15/h3-5,7-8H,1,6,18H2,2H3. The van der Waals surface area contributed by atoms with E-state index >= 15 is 0 Å². The SMILES string of the molecule is C=CCC(F)(F)c1cc(-c2ccc(N)cc2F)n(C)n1. The minimum absolute atomic E-state index is 0.176. The zero-order chi connectivity index (χ0) is 14.9. The second-order valence-corrected chi connectivity index (χ2v) is 4.47. The summed E-state index contributed by atoms with van der Waals surface area (Å²) in [6.45, 7) is 3.29.